The minimum Gasteiger partial charge on any atom is -0.351 e. The van der Waals surface area contributed by atoms with E-state index < -0.39 is 10.0 Å². The topological polar surface area (TPSA) is 66.1 Å². The van der Waals surface area contributed by atoms with Crippen LogP contribution in [0.25, 0.3) is 0 Å². The van der Waals surface area contributed by atoms with Crippen LogP contribution in [0.3, 0.4) is 0 Å². The molecule has 22 heavy (non-hydrogen) atoms. The summed E-state index contributed by atoms with van der Waals surface area (Å²) >= 11 is 0. The Hall–Kier alpha value is -2.10. The van der Waals surface area contributed by atoms with Crippen LogP contribution >= 0.6 is 0 Å². The van der Waals surface area contributed by atoms with Crippen LogP contribution in [0.2, 0.25) is 0 Å². The highest BCUT2D eigenvalue weighted by Crippen LogP contribution is 2.27. The predicted octanol–water partition coefficient (Wildman–Crippen LogP) is 2.39. The van der Waals surface area contributed by atoms with Crippen molar-refractivity contribution in [2.24, 2.45) is 0 Å². The fourth-order valence-electron chi connectivity index (χ4n) is 2.89. The third-order valence-corrected chi connectivity index (χ3v) is 6.05. The van der Waals surface area contributed by atoms with Gasteiger partial charge in [0.15, 0.2) is 0 Å². The first kappa shape index (κ1) is 14.8. The van der Waals surface area contributed by atoms with E-state index in [0.29, 0.717) is 19.1 Å². The van der Waals surface area contributed by atoms with Gasteiger partial charge in [-0.15, -0.1) is 0 Å². The van der Waals surface area contributed by atoms with E-state index in [1.807, 2.05) is 30.6 Å². The molecule has 0 atom stereocenters. The number of hydrogen-bond donors (Lipinski definition) is 0. The van der Waals surface area contributed by atoms with Gasteiger partial charge in [-0.05, 0) is 37.1 Å². The number of hydrogen-bond acceptors (Lipinski definition) is 3. The van der Waals surface area contributed by atoms with Crippen molar-refractivity contribution >= 4 is 10.0 Å². The van der Waals surface area contributed by atoms with Crippen LogP contribution < -0.4 is 0 Å². The molecule has 1 aromatic carbocycles. The summed E-state index contributed by atoms with van der Waals surface area (Å²) in [4.78, 5) is 0.108. The van der Waals surface area contributed by atoms with Gasteiger partial charge in [0.2, 0.25) is 10.0 Å². The summed E-state index contributed by atoms with van der Waals surface area (Å²) in [5.41, 5.74) is 0.204. The lowest BCUT2D eigenvalue weighted by Gasteiger charge is -2.32. The van der Waals surface area contributed by atoms with E-state index >= 15 is 0 Å². The molecule has 0 spiro atoms. The molecule has 1 aliphatic heterocycles. The summed E-state index contributed by atoms with van der Waals surface area (Å²) in [6, 6.07) is 12.6. The van der Waals surface area contributed by atoms with E-state index in [1.54, 1.807) is 18.2 Å². The van der Waals surface area contributed by atoms with Crippen LogP contribution in [0.15, 0.2) is 53.7 Å². The molecule has 1 saturated heterocycles. The molecule has 5 nitrogen and oxygen atoms in total. The molecule has 114 valence electrons. The highest BCUT2D eigenvalue weighted by atomic mass is 32.2. The van der Waals surface area contributed by atoms with Crippen LogP contribution in [-0.2, 0) is 10.0 Å². The van der Waals surface area contributed by atoms with Crippen LogP contribution in [0.4, 0.5) is 0 Å². The van der Waals surface area contributed by atoms with E-state index in [2.05, 4.69) is 4.57 Å². The SMILES string of the molecule is N#Cc1ccccc1S(=O)(=O)N1CCC(n2cccc2)CC1. The Morgan fingerprint density at radius 3 is 2.32 bits per heavy atom. The smallest absolute Gasteiger partial charge is 0.244 e. The lowest BCUT2D eigenvalue weighted by molar-refractivity contribution is 0.274. The maximum Gasteiger partial charge on any atom is 0.244 e. The average molecular weight is 315 g/mol. The Balaban J connectivity index is 1.79. The highest BCUT2D eigenvalue weighted by molar-refractivity contribution is 7.89. The fourth-order valence-corrected chi connectivity index (χ4v) is 4.51. The Labute approximate surface area is 130 Å². The van der Waals surface area contributed by atoms with Crippen molar-refractivity contribution in [3.63, 3.8) is 0 Å². The molecule has 6 heteroatoms. The van der Waals surface area contributed by atoms with Gasteiger partial charge in [-0.25, -0.2) is 8.42 Å². The second kappa shape index (κ2) is 5.95. The molecule has 2 aromatic rings. The lowest BCUT2D eigenvalue weighted by atomic mass is 10.1. The zero-order chi connectivity index (χ0) is 15.6. The number of benzene rings is 1. The Morgan fingerprint density at radius 2 is 1.68 bits per heavy atom. The number of piperidine rings is 1. The van der Waals surface area contributed by atoms with Crippen molar-refractivity contribution in [3.05, 3.63) is 54.4 Å². The maximum atomic E-state index is 12.7. The number of nitriles is 1. The molecule has 0 saturated carbocycles. The number of rotatable bonds is 3. The van der Waals surface area contributed by atoms with Gasteiger partial charge >= 0.3 is 0 Å². The van der Waals surface area contributed by atoms with E-state index in [4.69, 9.17) is 5.26 Å². The lowest BCUT2D eigenvalue weighted by Crippen LogP contribution is -2.39. The van der Waals surface area contributed by atoms with Gasteiger partial charge in [0.05, 0.1) is 10.5 Å². The molecule has 0 N–H and O–H groups in total. The van der Waals surface area contributed by atoms with E-state index in [9.17, 15) is 8.42 Å². The Kier molecular flexibility index (Phi) is 4.01. The third-order valence-electron chi connectivity index (χ3n) is 4.10. The Bertz CT molecular complexity index is 783. The van der Waals surface area contributed by atoms with Gasteiger partial charge < -0.3 is 4.57 Å². The van der Waals surface area contributed by atoms with Crippen LogP contribution in [0, 0.1) is 11.3 Å². The molecular weight excluding hydrogens is 298 g/mol. The normalized spacial score (nSPS) is 17.2. The van der Waals surface area contributed by atoms with Crippen LogP contribution in [0.5, 0.6) is 0 Å². The number of aromatic nitrogens is 1. The minimum absolute atomic E-state index is 0.108. The molecule has 3 rings (SSSR count). The quantitative estimate of drug-likeness (QED) is 0.873. The van der Waals surface area contributed by atoms with Gasteiger partial charge in [-0.2, -0.15) is 9.57 Å². The minimum atomic E-state index is -3.60. The van der Waals surface area contributed by atoms with Gasteiger partial charge in [-0.1, -0.05) is 12.1 Å². The second-order valence-electron chi connectivity index (χ2n) is 5.37. The van der Waals surface area contributed by atoms with Crippen molar-refractivity contribution in [3.8, 4) is 6.07 Å². The highest BCUT2D eigenvalue weighted by Gasteiger charge is 2.31. The zero-order valence-electron chi connectivity index (χ0n) is 12.1. The summed E-state index contributed by atoms with van der Waals surface area (Å²) in [7, 11) is -3.60. The van der Waals surface area contributed by atoms with Crippen molar-refractivity contribution in [1.29, 1.82) is 5.26 Å². The number of nitrogens with zero attached hydrogens (tertiary/aromatic N) is 3. The summed E-state index contributed by atoms with van der Waals surface area (Å²) in [5.74, 6) is 0. The molecule has 2 heterocycles. The average Bonchev–Trinajstić information content (AvgIpc) is 3.09. The van der Waals surface area contributed by atoms with Crippen molar-refractivity contribution < 1.29 is 8.42 Å². The van der Waals surface area contributed by atoms with Crippen molar-refractivity contribution in [1.82, 2.24) is 8.87 Å². The van der Waals surface area contributed by atoms with Crippen LogP contribution in [0.1, 0.15) is 24.4 Å². The summed E-state index contributed by atoms with van der Waals surface area (Å²) < 4.78 is 29.1. The van der Waals surface area contributed by atoms with E-state index in [1.165, 1.54) is 10.4 Å². The first-order chi connectivity index (χ1) is 10.6. The van der Waals surface area contributed by atoms with Gasteiger partial charge in [0.25, 0.3) is 0 Å². The molecule has 1 aliphatic rings. The summed E-state index contributed by atoms with van der Waals surface area (Å²) in [5, 5.41) is 9.11. The predicted molar refractivity (Wildman–Crippen MR) is 82.6 cm³/mol. The van der Waals surface area contributed by atoms with E-state index in [-0.39, 0.29) is 10.5 Å². The number of sulfonamides is 1. The first-order valence-electron chi connectivity index (χ1n) is 7.24. The molecule has 0 radical (unpaired) electrons. The Morgan fingerprint density at radius 1 is 1.05 bits per heavy atom. The molecule has 0 bridgehead atoms. The van der Waals surface area contributed by atoms with Gasteiger partial charge in [0.1, 0.15) is 6.07 Å². The fraction of sp³-hybridized carbons (Fsp3) is 0.312. The maximum absolute atomic E-state index is 12.7. The molecule has 0 unspecified atom stereocenters. The van der Waals surface area contributed by atoms with Gasteiger partial charge in [-0.3, -0.25) is 0 Å². The molecular formula is C16H17N3O2S. The first-order valence-corrected chi connectivity index (χ1v) is 8.68. The largest absolute Gasteiger partial charge is 0.351 e. The van der Waals surface area contributed by atoms with E-state index in [0.717, 1.165) is 12.8 Å². The van der Waals surface area contributed by atoms with Crippen molar-refractivity contribution in [2.45, 2.75) is 23.8 Å². The van der Waals surface area contributed by atoms with Crippen LogP contribution in [-0.4, -0.2) is 30.4 Å². The molecule has 0 aliphatic carbocycles. The second-order valence-corrected chi connectivity index (χ2v) is 7.28. The molecule has 1 fully saturated rings. The zero-order valence-corrected chi connectivity index (χ0v) is 12.9. The van der Waals surface area contributed by atoms with Gasteiger partial charge in [0, 0.05) is 31.5 Å². The molecule has 1 aromatic heterocycles. The summed E-state index contributed by atoms with van der Waals surface area (Å²) in [6.07, 6.45) is 5.59. The molecule has 0 amide bonds. The monoisotopic (exact) mass is 315 g/mol. The third kappa shape index (κ3) is 2.65. The standard InChI is InChI=1S/C16H17N3O2S/c17-13-14-5-1-2-6-16(14)22(20,21)19-11-7-15(8-12-19)18-9-3-4-10-18/h1-6,9-10,15H,7-8,11-12H2. The summed E-state index contributed by atoms with van der Waals surface area (Å²) in [6.45, 7) is 0.954. The van der Waals surface area contributed by atoms with Crippen molar-refractivity contribution in [2.75, 3.05) is 13.1 Å².